The summed E-state index contributed by atoms with van der Waals surface area (Å²) < 4.78 is 27.4. The molecule has 2 saturated heterocycles. The highest BCUT2D eigenvalue weighted by atomic mass is 32.2. The maximum Gasteiger partial charge on any atom is 0.243 e. The number of hydrogen-bond acceptors (Lipinski definition) is 4. The van der Waals surface area contributed by atoms with Gasteiger partial charge in [-0.05, 0) is 43.5 Å². The van der Waals surface area contributed by atoms with Crippen LogP contribution in [0, 0.1) is 6.92 Å². The van der Waals surface area contributed by atoms with Crippen molar-refractivity contribution in [2.24, 2.45) is 5.73 Å². The fraction of sp³-hybridized carbons (Fsp3) is 0.600. The molecule has 0 saturated carbocycles. The number of nitrogens with zero attached hydrogens (tertiary/aromatic N) is 2. The second-order valence-corrected chi connectivity index (χ2v) is 7.91. The van der Waals surface area contributed by atoms with Gasteiger partial charge in [-0.1, -0.05) is 12.1 Å². The molecular weight excluding hydrogens is 286 g/mol. The summed E-state index contributed by atoms with van der Waals surface area (Å²) in [5.74, 6) is 0. The number of hydrogen-bond donors (Lipinski definition) is 1. The number of nitrogens with two attached hydrogens (primary N) is 1. The molecule has 6 heteroatoms. The molecule has 0 aromatic heterocycles. The van der Waals surface area contributed by atoms with E-state index in [9.17, 15) is 8.42 Å². The van der Waals surface area contributed by atoms with Gasteiger partial charge in [-0.2, -0.15) is 4.31 Å². The van der Waals surface area contributed by atoms with Crippen molar-refractivity contribution in [1.29, 1.82) is 0 Å². The van der Waals surface area contributed by atoms with E-state index in [0.717, 1.165) is 30.6 Å². The molecule has 21 heavy (non-hydrogen) atoms. The standard InChI is InChI=1S/C15H23N3O2S/c1-12-9-13(10-16)4-5-15(12)21(19,20)18-8-7-17-6-2-3-14(17)11-18/h4-5,9,14H,2-3,6-8,10-11,16H2,1H3. The molecule has 3 rings (SSSR count). The number of aryl methyl sites for hydroxylation is 1. The van der Waals surface area contributed by atoms with E-state index >= 15 is 0 Å². The van der Waals surface area contributed by atoms with E-state index in [0.29, 0.717) is 30.6 Å². The molecule has 2 heterocycles. The molecule has 2 aliphatic rings. The van der Waals surface area contributed by atoms with Crippen LogP contribution in [-0.2, 0) is 16.6 Å². The Kier molecular flexibility index (Phi) is 4.05. The third kappa shape index (κ3) is 2.73. The fourth-order valence-electron chi connectivity index (χ4n) is 3.45. The van der Waals surface area contributed by atoms with Crippen molar-refractivity contribution in [1.82, 2.24) is 9.21 Å². The van der Waals surface area contributed by atoms with Gasteiger partial charge in [0.1, 0.15) is 0 Å². The topological polar surface area (TPSA) is 66.6 Å². The number of benzene rings is 1. The van der Waals surface area contributed by atoms with Crippen molar-refractivity contribution < 1.29 is 8.42 Å². The lowest BCUT2D eigenvalue weighted by Gasteiger charge is -2.36. The molecule has 0 bridgehead atoms. The van der Waals surface area contributed by atoms with Gasteiger partial charge >= 0.3 is 0 Å². The Morgan fingerprint density at radius 2 is 2.10 bits per heavy atom. The Labute approximate surface area is 126 Å². The van der Waals surface area contributed by atoms with Gasteiger partial charge in [0.05, 0.1) is 4.90 Å². The normalized spacial score (nSPS) is 24.2. The van der Waals surface area contributed by atoms with Crippen LogP contribution in [0.15, 0.2) is 23.1 Å². The van der Waals surface area contributed by atoms with Crippen molar-refractivity contribution in [3.8, 4) is 0 Å². The number of piperazine rings is 1. The molecule has 1 aromatic carbocycles. The van der Waals surface area contributed by atoms with Crippen LogP contribution in [0.2, 0.25) is 0 Å². The van der Waals surface area contributed by atoms with Crippen LogP contribution < -0.4 is 5.73 Å². The summed E-state index contributed by atoms with van der Waals surface area (Å²) >= 11 is 0. The summed E-state index contributed by atoms with van der Waals surface area (Å²) in [6, 6.07) is 5.79. The predicted molar refractivity (Wildman–Crippen MR) is 82.4 cm³/mol. The lowest BCUT2D eigenvalue weighted by atomic mass is 10.1. The van der Waals surface area contributed by atoms with Gasteiger partial charge in [-0.15, -0.1) is 0 Å². The lowest BCUT2D eigenvalue weighted by molar-refractivity contribution is 0.158. The zero-order chi connectivity index (χ0) is 15.0. The molecule has 116 valence electrons. The third-order valence-electron chi connectivity index (χ3n) is 4.64. The van der Waals surface area contributed by atoms with Crippen LogP contribution in [0.25, 0.3) is 0 Å². The molecule has 0 spiro atoms. The first-order valence-corrected chi connectivity index (χ1v) is 9.00. The summed E-state index contributed by atoms with van der Waals surface area (Å²) in [4.78, 5) is 2.84. The average Bonchev–Trinajstić information content (AvgIpc) is 2.94. The van der Waals surface area contributed by atoms with E-state index in [1.165, 1.54) is 6.42 Å². The Balaban J connectivity index is 1.86. The first-order chi connectivity index (χ1) is 10.0. The van der Waals surface area contributed by atoms with Gasteiger partial charge in [0.2, 0.25) is 10.0 Å². The maximum absolute atomic E-state index is 12.9. The van der Waals surface area contributed by atoms with Crippen LogP contribution in [0.5, 0.6) is 0 Å². The minimum atomic E-state index is -3.39. The molecule has 1 aromatic rings. The largest absolute Gasteiger partial charge is 0.326 e. The minimum Gasteiger partial charge on any atom is -0.326 e. The summed E-state index contributed by atoms with van der Waals surface area (Å²) in [5, 5.41) is 0. The summed E-state index contributed by atoms with van der Waals surface area (Å²) in [5.41, 5.74) is 7.36. The van der Waals surface area contributed by atoms with E-state index in [1.54, 1.807) is 10.4 Å². The van der Waals surface area contributed by atoms with E-state index < -0.39 is 10.0 Å². The van der Waals surface area contributed by atoms with Crippen LogP contribution in [0.3, 0.4) is 0 Å². The molecule has 0 amide bonds. The number of rotatable bonds is 3. The number of sulfonamides is 1. The van der Waals surface area contributed by atoms with Crippen LogP contribution in [0.4, 0.5) is 0 Å². The highest BCUT2D eigenvalue weighted by molar-refractivity contribution is 7.89. The fourth-order valence-corrected chi connectivity index (χ4v) is 5.12. The SMILES string of the molecule is Cc1cc(CN)ccc1S(=O)(=O)N1CCN2CCCC2C1. The van der Waals surface area contributed by atoms with Crippen LogP contribution in [-0.4, -0.2) is 49.8 Å². The predicted octanol–water partition coefficient (Wildman–Crippen LogP) is 0.922. The zero-order valence-electron chi connectivity index (χ0n) is 12.5. The van der Waals surface area contributed by atoms with Crippen molar-refractivity contribution in [3.05, 3.63) is 29.3 Å². The molecule has 5 nitrogen and oxygen atoms in total. The molecule has 0 radical (unpaired) electrons. The molecule has 2 aliphatic heterocycles. The molecular formula is C15H23N3O2S. The van der Waals surface area contributed by atoms with E-state index in [2.05, 4.69) is 4.90 Å². The van der Waals surface area contributed by atoms with Gasteiger partial charge in [-0.25, -0.2) is 8.42 Å². The van der Waals surface area contributed by atoms with Gasteiger partial charge in [0.15, 0.2) is 0 Å². The van der Waals surface area contributed by atoms with E-state index in [1.807, 2.05) is 19.1 Å². The van der Waals surface area contributed by atoms with Gasteiger partial charge < -0.3 is 5.73 Å². The Bertz CT molecular complexity index is 630. The Morgan fingerprint density at radius 3 is 2.81 bits per heavy atom. The van der Waals surface area contributed by atoms with E-state index in [-0.39, 0.29) is 0 Å². The summed E-state index contributed by atoms with van der Waals surface area (Å²) in [6.45, 7) is 5.46. The van der Waals surface area contributed by atoms with Gasteiger partial charge in [-0.3, -0.25) is 4.90 Å². The monoisotopic (exact) mass is 309 g/mol. The quantitative estimate of drug-likeness (QED) is 0.902. The smallest absolute Gasteiger partial charge is 0.243 e. The van der Waals surface area contributed by atoms with Crippen molar-refractivity contribution in [2.45, 2.75) is 37.2 Å². The second kappa shape index (κ2) is 5.68. The summed E-state index contributed by atoms with van der Waals surface area (Å²) in [7, 11) is -3.39. The molecule has 0 aliphatic carbocycles. The number of fused-ring (bicyclic) bond motifs is 1. The van der Waals surface area contributed by atoms with Crippen molar-refractivity contribution in [3.63, 3.8) is 0 Å². The second-order valence-electron chi connectivity index (χ2n) is 6.00. The van der Waals surface area contributed by atoms with Gasteiger partial charge in [0, 0.05) is 32.2 Å². The van der Waals surface area contributed by atoms with Crippen LogP contribution in [0.1, 0.15) is 24.0 Å². The highest BCUT2D eigenvalue weighted by Crippen LogP contribution is 2.27. The highest BCUT2D eigenvalue weighted by Gasteiger charge is 2.36. The van der Waals surface area contributed by atoms with Crippen molar-refractivity contribution in [2.75, 3.05) is 26.2 Å². The minimum absolute atomic E-state index is 0.400. The van der Waals surface area contributed by atoms with Crippen LogP contribution >= 0.6 is 0 Å². The third-order valence-corrected chi connectivity index (χ3v) is 6.67. The first-order valence-electron chi connectivity index (χ1n) is 7.56. The Morgan fingerprint density at radius 1 is 1.29 bits per heavy atom. The maximum atomic E-state index is 12.9. The molecule has 2 N–H and O–H groups in total. The van der Waals surface area contributed by atoms with Gasteiger partial charge in [0.25, 0.3) is 0 Å². The average molecular weight is 309 g/mol. The molecule has 1 unspecified atom stereocenters. The lowest BCUT2D eigenvalue weighted by Crippen LogP contribution is -2.51. The Hall–Kier alpha value is -0.950. The first kappa shape index (κ1) is 15.0. The molecule has 2 fully saturated rings. The zero-order valence-corrected chi connectivity index (χ0v) is 13.3. The van der Waals surface area contributed by atoms with Crippen molar-refractivity contribution >= 4 is 10.0 Å². The molecule has 1 atom stereocenters. The summed E-state index contributed by atoms with van der Waals surface area (Å²) in [6.07, 6.45) is 2.29. The van der Waals surface area contributed by atoms with E-state index in [4.69, 9.17) is 5.73 Å².